The Labute approximate surface area is 127 Å². The van der Waals surface area contributed by atoms with Crippen molar-refractivity contribution in [1.29, 1.82) is 0 Å². The van der Waals surface area contributed by atoms with Gasteiger partial charge in [-0.25, -0.2) is 4.39 Å². The first-order valence-corrected chi connectivity index (χ1v) is 7.33. The van der Waals surface area contributed by atoms with E-state index in [1.165, 1.54) is 11.6 Å². The van der Waals surface area contributed by atoms with Gasteiger partial charge in [-0.2, -0.15) is 0 Å². The lowest BCUT2D eigenvalue weighted by molar-refractivity contribution is 0.625. The fourth-order valence-corrected chi connectivity index (χ4v) is 2.70. The van der Waals surface area contributed by atoms with Crippen LogP contribution in [0.25, 0.3) is 0 Å². The van der Waals surface area contributed by atoms with Crippen LogP contribution in [-0.2, 0) is 13.0 Å². The third-order valence-electron chi connectivity index (χ3n) is 3.20. The minimum Gasteiger partial charge on any atom is -0.370 e. The van der Waals surface area contributed by atoms with E-state index >= 15 is 0 Å². The van der Waals surface area contributed by atoms with Crippen LogP contribution in [0.4, 0.5) is 10.1 Å². The van der Waals surface area contributed by atoms with Gasteiger partial charge in [0.25, 0.3) is 0 Å². The average molecular weight is 337 g/mol. The molecule has 2 aromatic carbocycles. The molecule has 0 aromatic heterocycles. The Morgan fingerprint density at radius 2 is 2.00 bits per heavy atom. The molecule has 20 heavy (non-hydrogen) atoms. The summed E-state index contributed by atoms with van der Waals surface area (Å²) in [5.41, 5.74) is 8.82. The van der Waals surface area contributed by atoms with Crippen molar-refractivity contribution in [2.24, 2.45) is 5.73 Å². The molecule has 0 aliphatic rings. The molecule has 0 saturated carbocycles. The molecule has 0 saturated heterocycles. The number of hydrogen-bond acceptors (Lipinski definition) is 2. The summed E-state index contributed by atoms with van der Waals surface area (Å²) < 4.78 is 14.2. The summed E-state index contributed by atoms with van der Waals surface area (Å²) in [4.78, 5) is 2.09. The predicted molar refractivity (Wildman–Crippen MR) is 85.4 cm³/mol. The molecule has 2 N–H and O–H groups in total. The van der Waals surface area contributed by atoms with Crippen LogP contribution in [0.2, 0.25) is 0 Å². The minimum atomic E-state index is -0.199. The van der Waals surface area contributed by atoms with E-state index in [0.717, 1.165) is 22.1 Å². The molecule has 0 aliphatic carbocycles. The van der Waals surface area contributed by atoms with Crippen LogP contribution in [0.5, 0.6) is 0 Å². The highest BCUT2D eigenvalue weighted by atomic mass is 79.9. The molecule has 4 heteroatoms. The number of hydrogen-bond donors (Lipinski definition) is 1. The summed E-state index contributed by atoms with van der Waals surface area (Å²) in [6.07, 6.45) is 0.856. The number of rotatable bonds is 5. The standard InChI is InChI=1S/C16H18BrFN2/c1-20(11-12-3-2-4-14(18)9-12)15-6-5-13(7-8-19)16(17)10-15/h2-6,9-10H,7-8,11,19H2,1H3. The van der Waals surface area contributed by atoms with E-state index in [4.69, 9.17) is 5.73 Å². The van der Waals surface area contributed by atoms with Crippen LogP contribution in [-0.4, -0.2) is 13.6 Å². The maximum Gasteiger partial charge on any atom is 0.123 e. The Hall–Kier alpha value is -1.39. The van der Waals surface area contributed by atoms with Crippen molar-refractivity contribution in [1.82, 2.24) is 0 Å². The second-order valence-corrected chi connectivity index (χ2v) is 5.65. The maximum absolute atomic E-state index is 13.2. The van der Waals surface area contributed by atoms with Gasteiger partial charge in [0.2, 0.25) is 0 Å². The number of anilines is 1. The number of halogens is 2. The number of nitrogens with zero attached hydrogens (tertiary/aromatic N) is 1. The van der Waals surface area contributed by atoms with E-state index in [9.17, 15) is 4.39 Å². The molecule has 0 fully saturated rings. The highest BCUT2D eigenvalue weighted by Crippen LogP contribution is 2.25. The van der Waals surface area contributed by atoms with Crippen LogP contribution in [0.15, 0.2) is 46.9 Å². The lowest BCUT2D eigenvalue weighted by Crippen LogP contribution is -2.16. The molecule has 0 radical (unpaired) electrons. The topological polar surface area (TPSA) is 29.3 Å². The fourth-order valence-electron chi connectivity index (χ4n) is 2.13. The largest absolute Gasteiger partial charge is 0.370 e. The van der Waals surface area contributed by atoms with Gasteiger partial charge in [-0.05, 0) is 48.4 Å². The first-order chi connectivity index (χ1) is 9.60. The van der Waals surface area contributed by atoms with Crippen LogP contribution < -0.4 is 10.6 Å². The second-order valence-electron chi connectivity index (χ2n) is 4.80. The molecule has 106 valence electrons. The van der Waals surface area contributed by atoms with E-state index in [0.29, 0.717) is 13.1 Å². The SMILES string of the molecule is CN(Cc1cccc(F)c1)c1ccc(CCN)c(Br)c1. The van der Waals surface area contributed by atoms with E-state index in [1.54, 1.807) is 12.1 Å². The lowest BCUT2D eigenvalue weighted by atomic mass is 10.1. The summed E-state index contributed by atoms with van der Waals surface area (Å²) in [6.45, 7) is 1.30. The molecule has 2 aromatic rings. The molecule has 0 atom stereocenters. The van der Waals surface area contributed by atoms with E-state index in [-0.39, 0.29) is 5.82 Å². The molecule has 0 spiro atoms. The van der Waals surface area contributed by atoms with E-state index in [2.05, 4.69) is 39.0 Å². The van der Waals surface area contributed by atoms with Crippen molar-refractivity contribution in [2.75, 3.05) is 18.5 Å². The molecule has 0 amide bonds. The van der Waals surface area contributed by atoms with Gasteiger partial charge < -0.3 is 10.6 Å². The predicted octanol–water partition coefficient (Wildman–Crippen LogP) is 3.73. The molecule has 0 heterocycles. The van der Waals surface area contributed by atoms with E-state index in [1.807, 2.05) is 13.1 Å². The highest BCUT2D eigenvalue weighted by Gasteiger charge is 2.06. The van der Waals surface area contributed by atoms with Crippen molar-refractivity contribution in [3.05, 3.63) is 63.9 Å². The third kappa shape index (κ3) is 3.81. The normalized spacial score (nSPS) is 10.6. The Kier molecular flexibility index (Phi) is 5.15. The maximum atomic E-state index is 13.2. The molecular weight excluding hydrogens is 319 g/mol. The van der Waals surface area contributed by atoms with Gasteiger partial charge in [0.15, 0.2) is 0 Å². The summed E-state index contributed by atoms with van der Waals surface area (Å²) in [5, 5.41) is 0. The first kappa shape index (κ1) is 15.0. The van der Waals surface area contributed by atoms with Crippen LogP contribution in [0, 0.1) is 5.82 Å². The van der Waals surface area contributed by atoms with Crippen LogP contribution in [0.3, 0.4) is 0 Å². The van der Waals surface area contributed by atoms with Gasteiger partial charge in [-0.1, -0.05) is 34.1 Å². The fraction of sp³-hybridized carbons (Fsp3) is 0.250. The van der Waals surface area contributed by atoms with Crippen molar-refractivity contribution in [2.45, 2.75) is 13.0 Å². The zero-order valence-electron chi connectivity index (χ0n) is 11.4. The summed E-state index contributed by atoms with van der Waals surface area (Å²) in [7, 11) is 2.00. The van der Waals surface area contributed by atoms with Crippen molar-refractivity contribution < 1.29 is 4.39 Å². The first-order valence-electron chi connectivity index (χ1n) is 6.54. The van der Waals surface area contributed by atoms with Crippen molar-refractivity contribution in [3.8, 4) is 0 Å². The van der Waals surface area contributed by atoms with Gasteiger partial charge in [0.1, 0.15) is 5.82 Å². The smallest absolute Gasteiger partial charge is 0.123 e. The Balaban J connectivity index is 2.13. The summed E-state index contributed by atoms with van der Waals surface area (Å²) >= 11 is 3.57. The molecule has 2 nitrogen and oxygen atoms in total. The Morgan fingerprint density at radius 3 is 2.65 bits per heavy atom. The Morgan fingerprint density at radius 1 is 1.20 bits per heavy atom. The minimum absolute atomic E-state index is 0.199. The van der Waals surface area contributed by atoms with Crippen LogP contribution >= 0.6 is 15.9 Å². The van der Waals surface area contributed by atoms with Crippen molar-refractivity contribution in [3.63, 3.8) is 0 Å². The van der Waals surface area contributed by atoms with Crippen LogP contribution in [0.1, 0.15) is 11.1 Å². The zero-order chi connectivity index (χ0) is 14.5. The number of nitrogens with two attached hydrogens (primary N) is 1. The third-order valence-corrected chi connectivity index (χ3v) is 3.94. The highest BCUT2D eigenvalue weighted by molar-refractivity contribution is 9.10. The quantitative estimate of drug-likeness (QED) is 0.901. The van der Waals surface area contributed by atoms with Gasteiger partial charge in [-0.15, -0.1) is 0 Å². The zero-order valence-corrected chi connectivity index (χ0v) is 13.0. The molecule has 0 aliphatic heterocycles. The molecule has 0 bridgehead atoms. The van der Waals surface area contributed by atoms with Crippen molar-refractivity contribution >= 4 is 21.6 Å². The number of benzene rings is 2. The van der Waals surface area contributed by atoms with Gasteiger partial charge in [-0.3, -0.25) is 0 Å². The average Bonchev–Trinajstić information content (AvgIpc) is 2.41. The van der Waals surface area contributed by atoms with E-state index < -0.39 is 0 Å². The molecular formula is C16H18BrFN2. The monoisotopic (exact) mass is 336 g/mol. The summed E-state index contributed by atoms with van der Waals surface area (Å²) in [6, 6.07) is 12.9. The Bertz CT molecular complexity index is 586. The van der Waals surface area contributed by atoms with Gasteiger partial charge >= 0.3 is 0 Å². The molecule has 0 unspecified atom stereocenters. The summed E-state index contributed by atoms with van der Waals surface area (Å²) in [5.74, 6) is -0.199. The lowest BCUT2D eigenvalue weighted by Gasteiger charge is -2.20. The van der Waals surface area contributed by atoms with Gasteiger partial charge in [0.05, 0.1) is 0 Å². The molecule has 2 rings (SSSR count). The second kappa shape index (κ2) is 6.86. The van der Waals surface area contributed by atoms with Gasteiger partial charge in [0, 0.05) is 23.8 Å².